The van der Waals surface area contributed by atoms with Gasteiger partial charge in [-0.3, -0.25) is 4.79 Å². The van der Waals surface area contributed by atoms with Crippen LogP contribution in [0.1, 0.15) is 12.8 Å². The number of aromatic nitrogens is 1. The van der Waals surface area contributed by atoms with Gasteiger partial charge in [-0.05, 0) is 32.0 Å². The van der Waals surface area contributed by atoms with E-state index >= 15 is 0 Å². The topological polar surface area (TPSA) is 72.5 Å². The molecular formula is C15H22Cl2F3N3O3. The van der Waals surface area contributed by atoms with Gasteiger partial charge in [-0.25, -0.2) is 4.98 Å². The summed E-state index contributed by atoms with van der Waals surface area (Å²) in [6, 6.07) is 2.74. The highest BCUT2D eigenvalue weighted by molar-refractivity contribution is 5.95. The maximum absolute atomic E-state index is 12.6. The molecule has 1 amide bonds. The Labute approximate surface area is 162 Å². The number of carbonyl (C=O) groups is 1. The fraction of sp³-hybridized carbons (Fsp3) is 0.600. The highest BCUT2D eigenvalue weighted by atomic mass is 35.5. The number of rotatable bonds is 6. The standard InChI is InChI=1S/C15H20F3N3O3.2ClH/c1-23-9-14(4-6-19-7-5-14)13(22)21-11-2-3-12(20-8-11)24-10-15(16,17)18;;/h2-3,8,19H,4-7,9-10H2,1H3,(H,21,22);2*1H. The van der Waals surface area contributed by atoms with Gasteiger partial charge in [0.2, 0.25) is 11.8 Å². The summed E-state index contributed by atoms with van der Waals surface area (Å²) in [5, 5.41) is 5.94. The van der Waals surface area contributed by atoms with E-state index in [1.165, 1.54) is 18.3 Å². The monoisotopic (exact) mass is 419 g/mol. The van der Waals surface area contributed by atoms with E-state index in [1.54, 1.807) is 7.11 Å². The van der Waals surface area contributed by atoms with Crippen LogP contribution < -0.4 is 15.4 Å². The molecule has 1 fully saturated rings. The third-order valence-corrected chi connectivity index (χ3v) is 3.84. The van der Waals surface area contributed by atoms with Crippen LogP contribution in [0.2, 0.25) is 0 Å². The molecule has 2 rings (SSSR count). The minimum absolute atomic E-state index is 0. The number of methoxy groups -OCH3 is 1. The fourth-order valence-electron chi connectivity index (χ4n) is 2.58. The number of pyridine rings is 1. The minimum atomic E-state index is -4.42. The molecule has 11 heteroatoms. The number of anilines is 1. The Balaban J connectivity index is 0.00000312. The van der Waals surface area contributed by atoms with Gasteiger partial charge in [-0.1, -0.05) is 0 Å². The number of hydrogen-bond acceptors (Lipinski definition) is 5. The molecule has 1 saturated heterocycles. The largest absolute Gasteiger partial charge is 0.468 e. The third-order valence-electron chi connectivity index (χ3n) is 3.84. The molecule has 1 aliphatic rings. The molecule has 26 heavy (non-hydrogen) atoms. The zero-order chi connectivity index (χ0) is 17.6. The lowest BCUT2D eigenvalue weighted by Gasteiger charge is -2.35. The first kappa shape index (κ1) is 24.7. The molecule has 0 aliphatic carbocycles. The average Bonchev–Trinajstić information content (AvgIpc) is 2.54. The van der Waals surface area contributed by atoms with Gasteiger partial charge >= 0.3 is 6.18 Å². The van der Waals surface area contributed by atoms with E-state index in [4.69, 9.17) is 4.74 Å². The van der Waals surface area contributed by atoms with E-state index in [0.717, 1.165) is 13.1 Å². The van der Waals surface area contributed by atoms with Gasteiger partial charge in [0, 0.05) is 13.2 Å². The first-order valence-electron chi connectivity index (χ1n) is 7.51. The van der Waals surface area contributed by atoms with Gasteiger partial charge in [-0.2, -0.15) is 13.2 Å². The van der Waals surface area contributed by atoms with Crippen molar-refractivity contribution in [1.82, 2.24) is 10.3 Å². The molecule has 0 saturated carbocycles. The molecule has 2 N–H and O–H groups in total. The molecule has 0 spiro atoms. The van der Waals surface area contributed by atoms with Crippen LogP contribution in [0.15, 0.2) is 18.3 Å². The van der Waals surface area contributed by atoms with Crippen LogP contribution in [0.4, 0.5) is 18.9 Å². The highest BCUT2D eigenvalue weighted by Crippen LogP contribution is 2.31. The molecule has 6 nitrogen and oxygen atoms in total. The maximum Gasteiger partial charge on any atom is 0.422 e. The van der Waals surface area contributed by atoms with Crippen LogP contribution in [0.25, 0.3) is 0 Å². The van der Waals surface area contributed by atoms with Crippen LogP contribution >= 0.6 is 24.8 Å². The van der Waals surface area contributed by atoms with Crippen molar-refractivity contribution < 1.29 is 27.4 Å². The van der Waals surface area contributed by atoms with E-state index in [-0.39, 0.29) is 36.6 Å². The van der Waals surface area contributed by atoms with Gasteiger partial charge in [0.25, 0.3) is 0 Å². The van der Waals surface area contributed by atoms with Crippen molar-refractivity contribution in [3.05, 3.63) is 18.3 Å². The van der Waals surface area contributed by atoms with Gasteiger partial charge in [0.05, 0.1) is 23.9 Å². The zero-order valence-corrected chi connectivity index (χ0v) is 15.7. The van der Waals surface area contributed by atoms with Crippen LogP contribution in [-0.4, -0.2) is 50.5 Å². The molecule has 0 radical (unpaired) electrons. The summed E-state index contributed by atoms with van der Waals surface area (Å²) >= 11 is 0. The van der Waals surface area contributed by atoms with Crippen molar-refractivity contribution in [1.29, 1.82) is 0 Å². The van der Waals surface area contributed by atoms with Crippen molar-refractivity contribution >= 4 is 36.4 Å². The molecular weight excluding hydrogens is 398 g/mol. The Morgan fingerprint density at radius 3 is 2.46 bits per heavy atom. The van der Waals surface area contributed by atoms with E-state index in [0.29, 0.717) is 25.1 Å². The molecule has 150 valence electrons. The van der Waals surface area contributed by atoms with Gasteiger partial charge in [0.1, 0.15) is 0 Å². The molecule has 1 aliphatic heterocycles. The number of carbonyl (C=O) groups excluding carboxylic acids is 1. The number of ether oxygens (including phenoxy) is 2. The van der Waals surface area contributed by atoms with E-state index in [1.807, 2.05) is 0 Å². The first-order chi connectivity index (χ1) is 11.3. The predicted octanol–water partition coefficient (Wildman–Crippen LogP) is 2.82. The number of piperidine rings is 1. The second kappa shape index (κ2) is 10.8. The number of hydrogen-bond donors (Lipinski definition) is 2. The third kappa shape index (κ3) is 7.14. The average molecular weight is 420 g/mol. The summed E-state index contributed by atoms with van der Waals surface area (Å²) in [5.41, 5.74) is -0.223. The number of alkyl halides is 3. The molecule has 2 heterocycles. The first-order valence-corrected chi connectivity index (χ1v) is 7.51. The van der Waals surface area contributed by atoms with Crippen molar-refractivity contribution in [2.75, 3.05) is 38.7 Å². The lowest BCUT2D eigenvalue weighted by molar-refractivity contribution is -0.154. The Morgan fingerprint density at radius 2 is 1.96 bits per heavy atom. The predicted molar refractivity (Wildman–Crippen MR) is 95.3 cm³/mol. The minimum Gasteiger partial charge on any atom is -0.468 e. The molecule has 0 unspecified atom stereocenters. The summed E-state index contributed by atoms with van der Waals surface area (Å²) in [7, 11) is 1.55. The summed E-state index contributed by atoms with van der Waals surface area (Å²) in [5.74, 6) is -0.338. The number of nitrogens with one attached hydrogen (secondary N) is 2. The molecule has 1 aromatic heterocycles. The van der Waals surface area contributed by atoms with Gasteiger partial charge in [-0.15, -0.1) is 24.8 Å². The van der Waals surface area contributed by atoms with Gasteiger partial charge < -0.3 is 20.1 Å². The molecule has 0 aromatic carbocycles. The van der Waals surface area contributed by atoms with Crippen LogP contribution in [0.5, 0.6) is 5.88 Å². The van der Waals surface area contributed by atoms with Crippen LogP contribution in [-0.2, 0) is 9.53 Å². The smallest absolute Gasteiger partial charge is 0.422 e. The van der Waals surface area contributed by atoms with Crippen LogP contribution in [0.3, 0.4) is 0 Å². The molecule has 0 bridgehead atoms. The Kier molecular flexibility index (Phi) is 10.2. The second-order valence-electron chi connectivity index (χ2n) is 5.71. The lowest BCUT2D eigenvalue weighted by Crippen LogP contribution is -2.47. The Hall–Kier alpha value is -1.29. The van der Waals surface area contributed by atoms with Crippen molar-refractivity contribution in [3.8, 4) is 5.88 Å². The van der Waals surface area contributed by atoms with E-state index in [2.05, 4.69) is 20.4 Å². The second-order valence-corrected chi connectivity index (χ2v) is 5.71. The summed E-state index contributed by atoms with van der Waals surface area (Å²) in [6.45, 7) is 0.342. The quantitative estimate of drug-likeness (QED) is 0.741. The number of halogens is 5. The molecule has 1 aromatic rings. The van der Waals surface area contributed by atoms with Crippen molar-refractivity contribution in [2.24, 2.45) is 5.41 Å². The summed E-state index contributed by atoms with van der Waals surface area (Å²) in [6.07, 6.45) is -1.86. The number of nitrogens with zero attached hydrogens (tertiary/aromatic N) is 1. The fourth-order valence-corrected chi connectivity index (χ4v) is 2.58. The van der Waals surface area contributed by atoms with E-state index < -0.39 is 18.2 Å². The van der Waals surface area contributed by atoms with Crippen molar-refractivity contribution in [2.45, 2.75) is 19.0 Å². The lowest BCUT2D eigenvalue weighted by atomic mass is 9.78. The Morgan fingerprint density at radius 1 is 1.31 bits per heavy atom. The van der Waals surface area contributed by atoms with Crippen LogP contribution in [0, 0.1) is 5.41 Å². The Bertz CT molecular complexity index is 548. The zero-order valence-electron chi connectivity index (χ0n) is 14.1. The van der Waals surface area contributed by atoms with E-state index in [9.17, 15) is 18.0 Å². The molecule has 0 atom stereocenters. The maximum atomic E-state index is 12.6. The summed E-state index contributed by atoms with van der Waals surface area (Å²) < 4.78 is 46.0. The van der Waals surface area contributed by atoms with Gasteiger partial charge in [0.15, 0.2) is 6.61 Å². The normalized spacial score (nSPS) is 16.0. The number of amides is 1. The highest BCUT2D eigenvalue weighted by Gasteiger charge is 2.39. The SMILES string of the molecule is COCC1(C(=O)Nc2ccc(OCC(F)(F)F)nc2)CCNCC1.Cl.Cl. The summed E-state index contributed by atoms with van der Waals surface area (Å²) in [4.78, 5) is 16.4. The van der Waals surface area contributed by atoms with Crippen molar-refractivity contribution in [3.63, 3.8) is 0 Å².